The molecule has 0 atom stereocenters. The molecule has 0 aromatic carbocycles. The molecule has 8 heteroatoms. The molecule has 1 amide bonds. The third-order valence-corrected chi connectivity index (χ3v) is 0.636. The molecule has 0 aromatic heterocycles. The summed E-state index contributed by atoms with van der Waals surface area (Å²) in [4.78, 5) is 24.3. The monoisotopic (exact) mass is 214 g/mol. The second kappa shape index (κ2) is 22.5. The van der Waals surface area contributed by atoms with Crippen LogP contribution in [0.1, 0.15) is 0 Å². The smallest absolute Gasteiger partial charge is 0.230 e. The van der Waals surface area contributed by atoms with Gasteiger partial charge in [0.2, 0.25) is 6.41 Å². The highest BCUT2D eigenvalue weighted by Crippen LogP contribution is 2.18. The summed E-state index contributed by atoms with van der Waals surface area (Å²) in [6.45, 7) is 3.37. The highest BCUT2D eigenvalue weighted by molar-refractivity contribution is 7.44. The Morgan fingerprint density at radius 2 is 1.77 bits per heavy atom. The summed E-state index contributed by atoms with van der Waals surface area (Å²) in [6, 6.07) is 0. The van der Waals surface area contributed by atoms with Crippen LogP contribution in [-0.4, -0.2) is 39.9 Å². The Hall–Kier alpha value is -0.720. The summed E-state index contributed by atoms with van der Waals surface area (Å²) in [7, 11) is -0.230. The van der Waals surface area contributed by atoms with Gasteiger partial charge in [-0.25, -0.2) is 5.48 Å². The minimum Gasteiger partial charge on any atom is -0.394 e. The number of aliphatic hydroxyl groups is 1. The molecule has 0 heterocycles. The number of hydrogen-bond donors (Lipinski definition) is 6. The van der Waals surface area contributed by atoms with Crippen molar-refractivity contribution in [2.24, 2.45) is 0 Å². The van der Waals surface area contributed by atoms with E-state index in [1.165, 1.54) is 5.48 Å². The summed E-state index contributed by atoms with van der Waals surface area (Å²) in [6.07, 6.45) is 1.29. The Morgan fingerprint density at radius 3 is 1.77 bits per heavy atom. The summed E-state index contributed by atoms with van der Waals surface area (Å²) in [5.41, 5.74) is 1.25. The molecule has 0 radical (unpaired) electrons. The van der Waals surface area contributed by atoms with Crippen molar-refractivity contribution < 1.29 is 24.9 Å². The summed E-state index contributed by atoms with van der Waals surface area (Å²) in [5.74, 6) is 0. The van der Waals surface area contributed by atoms with Crippen LogP contribution in [0.2, 0.25) is 0 Å². The topological polar surface area (TPSA) is 122 Å². The minimum absolute atomic E-state index is 0.181. The third-order valence-electron chi connectivity index (χ3n) is 0.383. The molecule has 0 aromatic rings. The highest BCUT2D eigenvalue weighted by Gasteiger charge is 1.86. The second-order valence-electron chi connectivity index (χ2n) is 1.25. The predicted molar refractivity (Wildman–Crippen MR) is 48.7 cm³/mol. The Labute approximate surface area is 77.6 Å². The molecular formula is C5H15N2O5P. The van der Waals surface area contributed by atoms with E-state index < -0.39 is 14.7 Å². The summed E-state index contributed by atoms with van der Waals surface area (Å²) < 4.78 is 0. The Kier molecular flexibility index (Phi) is 31.4. The first-order chi connectivity index (χ1) is 6.10. The lowest BCUT2D eigenvalue weighted by molar-refractivity contribution is -0.116. The van der Waals surface area contributed by atoms with Crippen molar-refractivity contribution >= 4 is 14.8 Å². The molecule has 0 saturated carbocycles. The standard InChI is InChI=1S/C3H7N.CH3NO2.CH5O3P/c1-3-4-2;3-1-2-4;2-1-5(3)4/h3-4H,1H2,2H3;1,4H,(H,2,3);2-4H,1H2. The maximum atomic E-state index is 8.81. The highest BCUT2D eigenvalue weighted by atomic mass is 31.2. The largest absolute Gasteiger partial charge is 0.394 e. The zero-order chi connectivity index (χ0) is 11.1. The molecule has 0 saturated heterocycles. The van der Waals surface area contributed by atoms with Gasteiger partial charge >= 0.3 is 0 Å². The van der Waals surface area contributed by atoms with E-state index in [0.29, 0.717) is 0 Å². The van der Waals surface area contributed by atoms with Crippen LogP contribution in [-0.2, 0) is 4.79 Å². The molecule has 0 aliphatic heterocycles. The van der Waals surface area contributed by atoms with Gasteiger partial charge in [0.15, 0.2) is 8.38 Å². The zero-order valence-corrected chi connectivity index (χ0v) is 8.11. The fraction of sp³-hybridized carbons (Fsp3) is 0.400. The van der Waals surface area contributed by atoms with E-state index in [1.54, 1.807) is 6.20 Å². The van der Waals surface area contributed by atoms with E-state index in [-0.39, 0.29) is 6.41 Å². The van der Waals surface area contributed by atoms with Gasteiger partial charge in [-0.3, -0.25) is 10.0 Å². The van der Waals surface area contributed by atoms with Crippen LogP contribution in [0.4, 0.5) is 0 Å². The van der Waals surface area contributed by atoms with Gasteiger partial charge in [-0.05, 0) is 6.20 Å². The molecule has 0 bridgehead atoms. The molecule has 0 aliphatic rings. The molecule has 13 heavy (non-hydrogen) atoms. The van der Waals surface area contributed by atoms with Crippen molar-refractivity contribution in [3.8, 4) is 0 Å². The Balaban J connectivity index is -0.000000117. The first-order valence-electron chi connectivity index (χ1n) is 2.98. The van der Waals surface area contributed by atoms with Crippen molar-refractivity contribution in [2.75, 3.05) is 13.4 Å². The summed E-state index contributed by atoms with van der Waals surface area (Å²) in [5, 5.41) is 17.6. The van der Waals surface area contributed by atoms with Gasteiger partial charge in [0.05, 0.1) is 0 Å². The number of nitrogens with one attached hydrogen (secondary N) is 2. The van der Waals surface area contributed by atoms with E-state index in [0.717, 1.165) is 0 Å². The lowest BCUT2D eigenvalue weighted by Crippen LogP contribution is -1.99. The van der Waals surface area contributed by atoms with Crippen LogP contribution < -0.4 is 10.8 Å². The average molecular weight is 214 g/mol. The van der Waals surface area contributed by atoms with Gasteiger partial charge in [0.1, 0.15) is 6.35 Å². The SMILES string of the molecule is C=CNC.O=CNO.OCP(O)O. The zero-order valence-electron chi connectivity index (χ0n) is 7.21. The van der Waals surface area contributed by atoms with E-state index in [2.05, 4.69) is 11.9 Å². The van der Waals surface area contributed by atoms with Gasteiger partial charge in [0, 0.05) is 7.05 Å². The fourth-order valence-electron chi connectivity index (χ4n) is 0. The van der Waals surface area contributed by atoms with Crippen LogP contribution in [0.5, 0.6) is 0 Å². The quantitative estimate of drug-likeness (QED) is 0.150. The van der Waals surface area contributed by atoms with Gasteiger partial charge in [-0.2, -0.15) is 0 Å². The van der Waals surface area contributed by atoms with Crippen LogP contribution in [0.3, 0.4) is 0 Å². The number of aliphatic hydroxyl groups excluding tert-OH is 1. The summed E-state index contributed by atoms with van der Waals surface area (Å²) >= 11 is 0. The Bertz CT molecular complexity index is 94.9. The lowest BCUT2D eigenvalue weighted by Gasteiger charge is -1.88. The minimum atomic E-state index is -2.04. The van der Waals surface area contributed by atoms with Crippen molar-refractivity contribution in [3.63, 3.8) is 0 Å². The third kappa shape index (κ3) is 90.3. The lowest BCUT2D eigenvalue weighted by atomic mass is 11.0. The molecule has 0 aliphatic carbocycles. The van der Waals surface area contributed by atoms with Crippen LogP contribution >= 0.6 is 8.38 Å². The molecule has 7 nitrogen and oxygen atoms in total. The maximum Gasteiger partial charge on any atom is 0.230 e. The first-order valence-corrected chi connectivity index (χ1v) is 4.41. The van der Waals surface area contributed by atoms with E-state index in [1.807, 2.05) is 7.05 Å². The average Bonchev–Trinajstić information content (AvgIpc) is 2.18. The van der Waals surface area contributed by atoms with Crippen molar-refractivity contribution in [1.82, 2.24) is 10.8 Å². The normalized spacial score (nSPS) is 6.92. The van der Waals surface area contributed by atoms with Gasteiger partial charge in [-0.1, -0.05) is 6.58 Å². The van der Waals surface area contributed by atoms with E-state index >= 15 is 0 Å². The van der Waals surface area contributed by atoms with E-state index in [9.17, 15) is 0 Å². The number of carbonyl (C=O) groups is 1. The molecule has 0 spiro atoms. The van der Waals surface area contributed by atoms with Gasteiger partial charge in [-0.15, -0.1) is 0 Å². The fourth-order valence-corrected chi connectivity index (χ4v) is 0. The predicted octanol–water partition coefficient (Wildman–Crippen LogP) is -1.30. The number of hydrogen-bond acceptors (Lipinski definition) is 6. The van der Waals surface area contributed by atoms with Crippen LogP contribution in [0, 0.1) is 0 Å². The number of rotatable bonds is 3. The van der Waals surface area contributed by atoms with Crippen molar-refractivity contribution in [2.45, 2.75) is 0 Å². The van der Waals surface area contributed by atoms with Crippen molar-refractivity contribution in [1.29, 1.82) is 0 Å². The second-order valence-corrected chi connectivity index (χ2v) is 2.28. The maximum absolute atomic E-state index is 8.81. The van der Waals surface area contributed by atoms with Crippen LogP contribution in [0.15, 0.2) is 12.8 Å². The van der Waals surface area contributed by atoms with Gasteiger partial charge < -0.3 is 20.2 Å². The molecular weight excluding hydrogens is 199 g/mol. The van der Waals surface area contributed by atoms with Crippen molar-refractivity contribution in [3.05, 3.63) is 12.8 Å². The molecule has 80 valence electrons. The number of carbonyl (C=O) groups excluding carboxylic acids is 1. The molecule has 0 rings (SSSR count). The van der Waals surface area contributed by atoms with Gasteiger partial charge in [0.25, 0.3) is 0 Å². The van der Waals surface area contributed by atoms with E-state index in [4.69, 9.17) is 24.9 Å². The number of amides is 1. The molecule has 0 fully saturated rings. The first kappa shape index (κ1) is 18.1. The Morgan fingerprint density at radius 1 is 1.54 bits per heavy atom. The number of hydroxylamine groups is 1. The van der Waals surface area contributed by atoms with Crippen LogP contribution in [0.25, 0.3) is 0 Å². The molecule has 0 unspecified atom stereocenters. The molecule has 6 N–H and O–H groups in total.